The van der Waals surface area contributed by atoms with Crippen LogP contribution >= 0.6 is 23.2 Å². The van der Waals surface area contributed by atoms with Crippen LogP contribution in [0.25, 0.3) is 0 Å². The second-order valence-electron chi connectivity index (χ2n) is 6.34. The van der Waals surface area contributed by atoms with Crippen molar-refractivity contribution in [2.75, 3.05) is 42.9 Å². The fourth-order valence-electron chi connectivity index (χ4n) is 3.07. The van der Waals surface area contributed by atoms with E-state index in [4.69, 9.17) is 23.2 Å². The number of carbonyl (C=O) groups excluding carboxylic acids is 1. The van der Waals surface area contributed by atoms with E-state index in [1.807, 2.05) is 19.1 Å². The molecule has 0 bridgehead atoms. The summed E-state index contributed by atoms with van der Waals surface area (Å²) in [6.45, 7) is 9.45. The van der Waals surface area contributed by atoms with Gasteiger partial charge in [0, 0.05) is 37.6 Å². The number of aromatic nitrogens is 1. The van der Waals surface area contributed by atoms with E-state index in [1.54, 1.807) is 12.1 Å². The quantitative estimate of drug-likeness (QED) is 0.795. The molecule has 1 saturated heterocycles. The Kier molecular flexibility index (Phi) is 6.01. The lowest BCUT2D eigenvalue weighted by molar-refractivity contribution is 0.102. The van der Waals surface area contributed by atoms with Gasteiger partial charge < -0.3 is 15.1 Å². The summed E-state index contributed by atoms with van der Waals surface area (Å²) < 4.78 is 0. The molecule has 1 amide bonds. The number of pyridine rings is 1. The van der Waals surface area contributed by atoms with Crippen molar-refractivity contribution >= 4 is 40.5 Å². The number of anilines is 2. The number of halogens is 2. The highest BCUT2D eigenvalue weighted by Crippen LogP contribution is 2.25. The zero-order valence-corrected chi connectivity index (χ0v) is 16.4. The van der Waals surface area contributed by atoms with E-state index in [1.165, 1.54) is 5.69 Å². The van der Waals surface area contributed by atoms with Gasteiger partial charge in [-0.1, -0.05) is 30.1 Å². The molecule has 1 aliphatic heterocycles. The molecule has 1 aromatic heterocycles. The van der Waals surface area contributed by atoms with E-state index in [9.17, 15) is 4.79 Å². The second-order valence-corrected chi connectivity index (χ2v) is 7.13. The highest BCUT2D eigenvalue weighted by molar-refractivity contribution is 6.35. The first-order valence-electron chi connectivity index (χ1n) is 8.69. The summed E-state index contributed by atoms with van der Waals surface area (Å²) in [4.78, 5) is 21.3. The molecule has 7 heteroatoms. The first-order valence-corrected chi connectivity index (χ1v) is 9.45. The molecule has 5 nitrogen and oxygen atoms in total. The molecule has 1 fully saturated rings. The maximum atomic E-state index is 12.5. The molecule has 0 atom stereocenters. The van der Waals surface area contributed by atoms with Gasteiger partial charge >= 0.3 is 0 Å². The van der Waals surface area contributed by atoms with E-state index in [-0.39, 0.29) is 21.8 Å². The monoisotopic (exact) mass is 392 g/mol. The summed E-state index contributed by atoms with van der Waals surface area (Å²) in [6, 6.07) is 9.19. The van der Waals surface area contributed by atoms with Crippen LogP contribution in [0, 0.1) is 6.92 Å². The molecule has 2 aromatic rings. The zero-order valence-electron chi connectivity index (χ0n) is 14.9. The number of hydrogen-bond acceptors (Lipinski definition) is 4. The Morgan fingerprint density at radius 3 is 2.54 bits per heavy atom. The predicted octanol–water partition coefficient (Wildman–Crippen LogP) is 4.09. The topological polar surface area (TPSA) is 48.5 Å². The van der Waals surface area contributed by atoms with Gasteiger partial charge in [-0.05, 0) is 49.4 Å². The fourth-order valence-corrected chi connectivity index (χ4v) is 3.40. The van der Waals surface area contributed by atoms with Crippen LogP contribution in [-0.4, -0.2) is 48.5 Å². The second kappa shape index (κ2) is 8.25. The third-order valence-electron chi connectivity index (χ3n) is 4.67. The molecule has 1 aromatic carbocycles. The number of nitrogens with one attached hydrogen (secondary N) is 1. The van der Waals surface area contributed by atoms with E-state index in [2.05, 4.69) is 33.1 Å². The summed E-state index contributed by atoms with van der Waals surface area (Å²) in [5.41, 5.74) is 3.03. The van der Waals surface area contributed by atoms with Crippen molar-refractivity contribution in [2.24, 2.45) is 0 Å². The number of nitrogens with zero attached hydrogens (tertiary/aromatic N) is 3. The first-order chi connectivity index (χ1) is 12.5. The van der Waals surface area contributed by atoms with Gasteiger partial charge in [0.05, 0.1) is 5.02 Å². The molecule has 0 unspecified atom stereocenters. The number of rotatable bonds is 4. The number of likely N-dealkylation sites (N-methyl/N-ethyl adjacent to an activating group) is 1. The Hall–Kier alpha value is -1.82. The maximum absolute atomic E-state index is 12.5. The molecule has 3 rings (SSSR count). The lowest BCUT2D eigenvalue weighted by Gasteiger charge is -2.35. The van der Waals surface area contributed by atoms with Crippen LogP contribution in [0.2, 0.25) is 10.2 Å². The molecule has 1 N–H and O–H groups in total. The number of carbonyl (C=O) groups is 1. The van der Waals surface area contributed by atoms with E-state index in [0.29, 0.717) is 0 Å². The molecular formula is C19H22Cl2N4O. The SMILES string of the molecule is CCN1CCN(c2ccc(NC(=O)c3nc(Cl)ccc3Cl)c(C)c2)CC1. The van der Waals surface area contributed by atoms with Crippen molar-refractivity contribution in [3.05, 3.63) is 51.8 Å². The number of hydrogen-bond donors (Lipinski definition) is 1. The largest absolute Gasteiger partial charge is 0.369 e. The van der Waals surface area contributed by atoms with Crippen LogP contribution in [0.5, 0.6) is 0 Å². The van der Waals surface area contributed by atoms with Gasteiger partial charge in [-0.2, -0.15) is 0 Å². The summed E-state index contributed by atoms with van der Waals surface area (Å²) in [5, 5.41) is 3.38. The molecule has 138 valence electrons. The van der Waals surface area contributed by atoms with Crippen molar-refractivity contribution < 1.29 is 4.79 Å². The number of benzene rings is 1. The third-order valence-corrected chi connectivity index (χ3v) is 5.19. The lowest BCUT2D eigenvalue weighted by atomic mass is 10.1. The number of piperazine rings is 1. The Balaban J connectivity index is 1.72. The molecule has 1 aliphatic rings. The summed E-state index contributed by atoms with van der Waals surface area (Å²) in [6.07, 6.45) is 0. The van der Waals surface area contributed by atoms with Gasteiger partial charge in [0.25, 0.3) is 5.91 Å². The lowest BCUT2D eigenvalue weighted by Crippen LogP contribution is -2.46. The van der Waals surface area contributed by atoms with Crippen molar-refractivity contribution in [3.8, 4) is 0 Å². The van der Waals surface area contributed by atoms with Gasteiger partial charge in [-0.25, -0.2) is 4.98 Å². The van der Waals surface area contributed by atoms with E-state index in [0.717, 1.165) is 44.0 Å². The fraction of sp³-hybridized carbons (Fsp3) is 0.368. The molecule has 2 heterocycles. The van der Waals surface area contributed by atoms with Crippen molar-refractivity contribution in [2.45, 2.75) is 13.8 Å². The van der Waals surface area contributed by atoms with Crippen LogP contribution in [0.15, 0.2) is 30.3 Å². The Bertz CT molecular complexity index is 804. The van der Waals surface area contributed by atoms with Gasteiger partial charge in [-0.3, -0.25) is 4.79 Å². The Labute approximate surface area is 163 Å². The highest BCUT2D eigenvalue weighted by atomic mass is 35.5. The molecule has 0 spiro atoms. The van der Waals surface area contributed by atoms with Gasteiger partial charge in [0.15, 0.2) is 0 Å². The molecular weight excluding hydrogens is 371 g/mol. The minimum atomic E-state index is -0.370. The number of amides is 1. The van der Waals surface area contributed by atoms with Crippen LogP contribution < -0.4 is 10.2 Å². The van der Waals surface area contributed by atoms with E-state index < -0.39 is 0 Å². The van der Waals surface area contributed by atoms with Gasteiger partial charge in [0.1, 0.15) is 10.8 Å². The van der Waals surface area contributed by atoms with Crippen LogP contribution in [0.4, 0.5) is 11.4 Å². The van der Waals surface area contributed by atoms with Crippen molar-refractivity contribution in [3.63, 3.8) is 0 Å². The average molecular weight is 393 g/mol. The minimum absolute atomic E-state index is 0.123. The normalized spacial score (nSPS) is 15.2. The van der Waals surface area contributed by atoms with Crippen molar-refractivity contribution in [1.82, 2.24) is 9.88 Å². The molecule has 26 heavy (non-hydrogen) atoms. The summed E-state index contributed by atoms with van der Waals surface area (Å²) in [7, 11) is 0. The zero-order chi connectivity index (χ0) is 18.7. The van der Waals surface area contributed by atoms with Crippen LogP contribution in [0.1, 0.15) is 23.0 Å². The molecule has 0 radical (unpaired) electrons. The maximum Gasteiger partial charge on any atom is 0.275 e. The Morgan fingerprint density at radius 1 is 1.15 bits per heavy atom. The first kappa shape index (κ1) is 19.0. The van der Waals surface area contributed by atoms with Crippen LogP contribution in [-0.2, 0) is 0 Å². The Morgan fingerprint density at radius 2 is 1.88 bits per heavy atom. The number of aryl methyl sites for hydroxylation is 1. The minimum Gasteiger partial charge on any atom is -0.369 e. The summed E-state index contributed by atoms with van der Waals surface area (Å²) in [5.74, 6) is -0.370. The van der Waals surface area contributed by atoms with Gasteiger partial charge in [-0.15, -0.1) is 0 Å². The highest BCUT2D eigenvalue weighted by Gasteiger charge is 2.18. The van der Waals surface area contributed by atoms with Crippen molar-refractivity contribution in [1.29, 1.82) is 0 Å². The molecule has 0 saturated carbocycles. The summed E-state index contributed by atoms with van der Waals surface area (Å²) >= 11 is 11.9. The van der Waals surface area contributed by atoms with E-state index >= 15 is 0 Å². The third kappa shape index (κ3) is 4.29. The average Bonchev–Trinajstić information content (AvgIpc) is 2.65. The van der Waals surface area contributed by atoms with Gasteiger partial charge in [0.2, 0.25) is 0 Å². The van der Waals surface area contributed by atoms with Crippen LogP contribution in [0.3, 0.4) is 0 Å². The standard InChI is InChI=1S/C19H22Cl2N4O/c1-3-24-8-10-25(11-9-24)14-4-6-16(13(2)12-14)22-19(26)18-15(20)5-7-17(21)23-18/h4-7,12H,3,8-11H2,1-2H3,(H,22,26). The smallest absolute Gasteiger partial charge is 0.275 e. The predicted molar refractivity (Wildman–Crippen MR) is 108 cm³/mol. The molecule has 0 aliphatic carbocycles.